The molecule has 0 radical (unpaired) electrons. The minimum absolute atomic E-state index is 0.00944. The summed E-state index contributed by atoms with van der Waals surface area (Å²) in [4.78, 5) is 37.4. The van der Waals surface area contributed by atoms with Crippen LogP contribution in [0.3, 0.4) is 0 Å². The van der Waals surface area contributed by atoms with Crippen molar-refractivity contribution in [1.29, 1.82) is 0 Å². The number of carbonyl (C=O) groups excluding carboxylic acids is 2. The summed E-state index contributed by atoms with van der Waals surface area (Å²) < 4.78 is 5.45. The zero-order chi connectivity index (χ0) is 32.5. The third kappa shape index (κ3) is 7.44. The summed E-state index contributed by atoms with van der Waals surface area (Å²) in [5.74, 6) is 3.13. The van der Waals surface area contributed by atoms with Crippen LogP contribution in [0, 0.1) is 24.7 Å². The first-order valence-corrected chi connectivity index (χ1v) is 18.7. The van der Waals surface area contributed by atoms with Gasteiger partial charge in [0.25, 0.3) is 0 Å². The summed E-state index contributed by atoms with van der Waals surface area (Å²) in [5.41, 5.74) is 4.90. The van der Waals surface area contributed by atoms with Gasteiger partial charge in [-0.3, -0.25) is 9.59 Å². The molecular formula is C39H50N4O3S. The average molecular weight is 655 g/mol. The monoisotopic (exact) mass is 654 g/mol. The van der Waals surface area contributed by atoms with Crippen molar-refractivity contribution in [2.24, 2.45) is 17.8 Å². The molecule has 7 nitrogen and oxygen atoms in total. The van der Waals surface area contributed by atoms with E-state index < -0.39 is 0 Å². The van der Waals surface area contributed by atoms with Crippen LogP contribution in [0.15, 0.2) is 48.7 Å². The van der Waals surface area contributed by atoms with Gasteiger partial charge < -0.3 is 19.9 Å². The molecule has 1 aromatic heterocycles. The van der Waals surface area contributed by atoms with Crippen LogP contribution in [-0.2, 0) is 9.59 Å². The van der Waals surface area contributed by atoms with E-state index in [4.69, 9.17) is 9.72 Å². The number of carbonyl (C=O) groups is 2. The fourth-order valence-electron chi connectivity index (χ4n) is 8.13. The number of ether oxygens (including phenoxy) is 1. The number of rotatable bonds is 10. The number of likely N-dealkylation sites (tertiary alicyclic amines) is 1. The van der Waals surface area contributed by atoms with E-state index >= 15 is 0 Å². The molecule has 0 bridgehead atoms. The first-order chi connectivity index (χ1) is 22.8. The number of hydrogen-bond donors (Lipinski definition) is 1. The molecule has 2 aromatic carbocycles. The van der Waals surface area contributed by atoms with Crippen LogP contribution in [0.25, 0.3) is 10.4 Å². The zero-order valence-corrected chi connectivity index (χ0v) is 29.1. The smallest absolute Gasteiger partial charge is 0.230 e. The number of nitrogens with one attached hydrogen (secondary N) is 1. The standard InChI is InChI=1S/C39H50N4O3S/c1-25-19-34(46-3)17-18-35(25)27-9-7-26(8-10-27)22-43(33-6-4-5-30(20-33)36-21-40-38(47-36)28-11-12-28)39(45)29-13-15-32(16-14-29)41-37(44)31-23-42(2)24-31/h4-6,17-21,26-29,31-32H,7-16,22-24H2,1-3H3,(H,41,44)/t26-,27-,29-,32-. The first-order valence-electron chi connectivity index (χ1n) is 17.9. The second-order valence-electron chi connectivity index (χ2n) is 14.8. The number of anilines is 1. The van der Waals surface area contributed by atoms with Gasteiger partial charge in [-0.15, -0.1) is 11.3 Å². The van der Waals surface area contributed by atoms with E-state index in [-0.39, 0.29) is 29.7 Å². The maximum Gasteiger partial charge on any atom is 0.230 e. The van der Waals surface area contributed by atoms with E-state index in [1.54, 1.807) is 18.4 Å². The van der Waals surface area contributed by atoms with Crippen LogP contribution < -0.4 is 15.0 Å². The number of methoxy groups -OCH3 is 1. The van der Waals surface area contributed by atoms with Gasteiger partial charge in [0.1, 0.15) is 5.75 Å². The molecule has 4 aliphatic rings. The lowest BCUT2D eigenvalue weighted by Gasteiger charge is -2.38. The molecule has 3 saturated carbocycles. The van der Waals surface area contributed by atoms with Gasteiger partial charge in [-0.1, -0.05) is 18.2 Å². The van der Waals surface area contributed by atoms with Crippen molar-refractivity contribution in [3.05, 3.63) is 64.8 Å². The number of aryl methyl sites for hydroxylation is 1. The second-order valence-corrected chi connectivity index (χ2v) is 15.8. The molecule has 250 valence electrons. The van der Waals surface area contributed by atoms with Gasteiger partial charge in [0.2, 0.25) is 11.8 Å². The topological polar surface area (TPSA) is 74.8 Å². The van der Waals surface area contributed by atoms with E-state index in [9.17, 15) is 9.59 Å². The van der Waals surface area contributed by atoms with Gasteiger partial charge in [-0.2, -0.15) is 0 Å². The predicted octanol–water partition coefficient (Wildman–Crippen LogP) is 7.55. The number of thiazole rings is 1. The van der Waals surface area contributed by atoms with Gasteiger partial charge in [0.15, 0.2) is 0 Å². The maximum atomic E-state index is 14.5. The molecule has 47 heavy (non-hydrogen) atoms. The molecule has 0 atom stereocenters. The van der Waals surface area contributed by atoms with Crippen LogP contribution in [0.2, 0.25) is 0 Å². The van der Waals surface area contributed by atoms with Crippen molar-refractivity contribution >= 4 is 28.8 Å². The lowest BCUT2D eigenvalue weighted by atomic mass is 9.77. The van der Waals surface area contributed by atoms with Gasteiger partial charge in [-0.05, 0) is 131 Å². The van der Waals surface area contributed by atoms with E-state index in [0.29, 0.717) is 17.8 Å². The molecule has 4 fully saturated rings. The van der Waals surface area contributed by atoms with E-state index in [0.717, 1.165) is 88.0 Å². The average Bonchev–Trinajstić information content (AvgIpc) is 3.81. The van der Waals surface area contributed by atoms with Crippen LogP contribution in [0.4, 0.5) is 5.69 Å². The Bertz CT molecular complexity index is 1560. The van der Waals surface area contributed by atoms with Crippen LogP contribution in [-0.4, -0.2) is 61.5 Å². The summed E-state index contributed by atoms with van der Waals surface area (Å²) in [6.07, 6.45) is 12.4. The SMILES string of the molecule is COc1ccc([C@H]2CC[C@H](CN(c3cccc(-c4cnc(C5CC5)s4)c3)C(=O)[C@H]3CC[C@H](NC(=O)C4CN(C)C4)CC3)CC2)c(C)c1. The van der Waals surface area contributed by atoms with Crippen molar-refractivity contribution in [2.45, 2.75) is 89.0 Å². The first kappa shape index (κ1) is 32.3. The quantitative estimate of drug-likeness (QED) is 0.245. The second kappa shape index (κ2) is 14.1. The van der Waals surface area contributed by atoms with E-state index in [1.165, 1.54) is 33.9 Å². The predicted molar refractivity (Wildman–Crippen MR) is 189 cm³/mol. The summed E-state index contributed by atoms with van der Waals surface area (Å²) >= 11 is 1.80. The van der Waals surface area contributed by atoms with Crippen molar-refractivity contribution in [2.75, 3.05) is 38.7 Å². The normalized spacial score (nSPS) is 25.2. The van der Waals surface area contributed by atoms with Crippen LogP contribution >= 0.6 is 11.3 Å². The molecule has 1 saturated heterocycles. The number of nitrogens with zero attached hydrogens (tertiary/aromatic N) is 3. The minimum Gasteiger partial charge on any atom is -0.497 e. The fourth-order valence-corrected chi connectivity index (χ4v) is 9.21. The van der Waals surface area contributed by atoms with Crippen molar-refractivity contribution < 1.29 is 14.3 Å². The van der Waals surface area contributed by atoms with Gasteiger partial charge in [0.05, 0.1) is 22.9 Å². The third-order valence-corrected chi connectivity index (χ3v) is 12.4. The summed E-state index contributed by atoms with van der Waals surface area (Å²) in [7, 11) is 3.78. The van der Waals surface area contributed by atoms with Crippen LogP contribution in [0.1, 0.15) is 92.2 Å². The molecule has 2 heterocycles. The molecule has 0 unspecified atom stereocenters. The minimum atomic E-state index is -0.00944. The molecule has 3 aliphatic carbocycles. The van der Waals surface area contributed by atoms with Crippen molar-refractivity contribution in [3.8, 4) is 16.2 Å². The Hall–Kier alpha value is -3.23. The van der Waals surface area contributed by atoms with Gasteiger partial charge >= 0.3 is 0 Å². The Labute approximate surface area is 284 Å². The molecule has 0 spiro atoms. The highest BCUT2D eigenvalue weighted by Gasteiger charge is 2.36. The summed E-state index contributed by atoms with van der Waals surface area (Å²) in [6, 6.07) is 15.3. The Morgan fingerprint density at radius 1 is 0.936 bits per heavy atom. The van der Waals surface area contributed by atoms with Crippen molar-refractivity contribution in [1.82, 2.24) is 15.2 Å². The lowest BCUT2D eigenvalue weighted by molar-refractivity contribution is -0.130. The van der Waals surface area contributed by atoms with Gasteiger partial charge in [0, 0.05) is 49.4 Å². The Balaban J connectivity index is 1.04. The number of benzene rings is 2. The molecule has 2 amide bonds. The number of amides is 2. The fraction of sp³-hybridized carbons (Fsp3) is 0.564. The molecule has 1 N–H and O–H groups in total. The number of aromatic nitrogens is 1. The van der Waals surface area contributed by atoms with Crippen molar-refractivity contribution in [3.63, 3.8) is 0 Å². The summed E-state index contributed by atoms with van der Waals surface area (Å²) in [6.45, 7) is 4.65. The van der Waals surface area contributed by atoms with Crippen LogP contribution in [0.5, 0.6) is 5.75 Å². The maximum absolute atomic E-state index is 14.5. The lowest BCUT2D eigenvalue weighted by Crippen LogP contribution is -2.54. The number of hydrogen-bond acceptors (Lipinski definition) is 6. The largest absolute Gasteiger partial charge is 0.497 e. The molecule has 7 rings (SSSR count). The zero-order valence-electron chi connectivity index (χ0n) is 28.2. The highest BCUT2D eigenvalue weighted by Crippen LogP contribution is 2.44. The molecule has 3 aromatic rings. The highest BCUT2D eigenvalue weighted by molar-refractivity contribution is 7.15. The Kier molecular flexibility index (Phi) is 9.69. The molecular weight excluding hydrogens is 605 g/mol. The molecule has 1 aliphatic heterocycles. The van der Waals surface area contributed by atoms with E-state index in [1.807, 2.05) is 6.20 Å². The Morgan fingerprint density at radius 3 is 2.36 bits per heavy atom. The summed E-state index contributed by atoms with van der Waals surface area (Å²) in [5, 5.41) is 4.54. The van der Waals surface area contributed by atoms with E-state index in [2.05, 4.69) is 71.6 Å². The van der Waals surface area contributed by atoms with Gasteiger partial charge in [-0.25, -0.2) is 4.98 Å². The highest BCUT2D eigenvalue weighted by atomic mass is 32.1. The third-order valence-electron chi connectivity index (χ3n) is 11.2. The Morgan fingerprint density at radius 2 is 1.68 bits per heavy atom. The molecule has 8 heteroatoms.